The van der Waals surface area contributed by atoms with Crippen LogP contribution in [0.3, 0.4) is 0 Å². The van der Waals surface area contributed by atoms with Crippen LogP contribution in [0.4, 0.5) is 4.79 Å². The van der Waals surface area contributed by atoms with E-state index in [1.807, 2.05) is 11.8 Å². The number of carbonyl (C=O) groups excluding carboxylic acids is 1. The second-order valence-electron chi connectivity index (χ2n) is 3.65. The fourth-order valence-corrected chi connectivity index (χ4v) is 1.41. The molecule has 0 fully saturated rings. The Balaban J connectivity index is 0.00000169. The molecule has 1 aliphatic rings. The SMILES string of the molecule is CCNC(=O)N1CC=C(C(C)C)C1.[HH]. The average Bonchev–Trinajstić information content (AvgIpc) is 2.52. The average molecular weight is 184 g/mol. The summed E-state index contributed by atoms with van der Waals surface area (Å²) in [5.41, 5.74) is 1.37. The number of amides is 2. The maximum Gasteiger partial charge on any atom is 0.317 e. The van der Waals surface area contributed by atoms with E-state index >= 15 is 0 Å². The van der Waals surface area contributed by atoms with Gasteiger partial charge in [0.25, 0.3) is 0 Å². The van der Waals surface area contributed by atoms with Gasteiger partial charge in [-0.25, -0.2) is 4.79 Å². The van der Waals surface area contributed by atoms with Crippen molar-refractivity contribution in [2.24, 2.45) is 5.92 Å². The molecule has 3 heteroatoms. The fourth-order valence-electron chi connectivity index (χ4n) is 1.41. The van der Waals surface area contributed by atoms with Gasteiger partial charge in [-0.3, -0.25) is 0 Å². The number of nitrogens with one attached hydrogen (secondary N) is 1. The van der Waals surface area contributed by atoms with Crippen molar-refractivity contribution in [3.63, 3.8) is 0 Å². The van der Waals surface area contributed by atoms with Crippen LogP contribution in [0.2, 0.25) is 0 Å². The van der Waals surface area contributed by atoms with E-state index < -0.39 is 0 Å². The maximum absolute atomic E-state index is 11.4. The Labute approximate surface area is 81.3 Å². The van der Waals surface area contributed by atoms with Gasteiger partial charge in [-0.15, -0.1) is 0 Å². The molecule has 1 rings (SSSR count). The molecule has 0 bridgehead atoms. The van der Waals surface area contributed by atoms with E-state index in [2.05, 4.69) is 25.2 Å². The molecule has 0 atom stereocenters. The topological polar surface area (TPSA) is 32.3 Å². The molecule has 0 unspecified atom stereocenters. The molecule has 0 saturated heterocycles. The Morgan fingerprint density at radius 2 is 2.46 bits per heavy atom. The van der Waals surface area contributed by atoms with Crippen LogP contribution in [0.5, 0.6) is 0 Å². The summed E-state index contributed by atoms with van der Waals surface area (Å²) in [5.74, 6) is 0.555. The number of rotatable bonds is 2. The first kappa shape index (κ1) is 10.1. The molecule has 0 aromatic rings. The lowest BCUT2D eigenvalue weighted by atomic mass is 10.1. The quantitative estimate of drug-likeness (QED) is 0.653. The van der Waals surface area contributed by atoms with E-state index in [-0.39, 0.29) is 7.46 Å². The minimum atomic E-state index is 0. The van der Waals surface area contributed by atoms with Gasteiger partial charge >= 0.3 is 6.03 Å². The molecule has 0 spiro atoms. The lowest BCUT2D eigenvalue weighted by molar-refractivity contribution is 0.210. The van der Waals surface area contributed by atoms with Crippen LogP contribution in [-0.2, 0) is 0 Å². The second kappa shape index (κ2) is 4.30. The molecule has 0 aromatic carbocycles. The van der Waals surface area contributed by atoms with E-state index in [0.29, 0.717) is 12.5 Å². The standard InChI is InChI=1S/C10H18N2O.H2/c1-4-11-10(13)12-6-5-9(7-12)8(2)3;/h5,8H,4,6-7H2,1-3H3,(H,11,13);1H. The first-order chi connectivity index (χ1) is 6.15. The van der Waals surface area contributed by atoms with Gasteiger partial charge in [0.15, 0.2) is 0 Å². The van der Waals surface area contributed by atoms with Crippen LogP contribution in [-0.4, -0.2) is 30.6 Å². The normalized spacial score (nSPS) is 16.3. The second-order valence-corrected chi connectivity index (χ2v) is 3.65. The Morgan fingerprint density at radius 3 is 2.92 bits per heavy atom. The highest BCUT2D eigenvalue weighted by atomic mass is 16.2. The van der Waals surface area contributed by atoms with Crippen LogP contribution in [0.1, 0.15) is 22.2 Å². The smallest absolute Gasteiger partial charge is 0.317 e. The fraction of sp³-hybridized carbons (Fsp3) is 0.700. The molecule has 0 aromatic heterocycles. The summed E-state index contributed by atoms with van der Waals surface area (Å²) in [6.07, 6.45) is 2.15. The number of hydrogen-bond acceptors (Lipinski definition) is 1. The highest BCUT2D eigenvalue weighted by Gasteiger charge is 2.19. The van der Waals surface area contributed by atoms with Gasteiger partial charge < -0.3 is 10.2 Å². The van der Waals surface area contributed by atoms with Gasteiger partial charge in [0, 0.05) is 21.1 Å². The lowest BCUT2D eigenvalue weighted by Crippen LogP contribution is -2.38. The third kappa shape index (κ3) is 2.47. The van der Waals surface area contributed by atoms with Gasteiger partial charge in [0.1, 0.15) is 0 Å². The zero-order chi connectivity index (χ0) is 9.84. The predicted molar refractivity (Wildman–Crippen MR) is 55.7 cm³/mol. The van der Waals surface area contributed by atoms with Crippen molar-refractivity contribution in [1.82, 2.24) is 10.2 Å². The Morgan fingerprint density at radius 1 is 1.77 bits per heavy atom. The van der Waals surface area contributed by atoms with Crippen LogP contribution < -0.4 is 5.32 Å². The Hall–Kier alpha value is -0.990. The highest BCUT2D eigenvalue weighted by Crippen LogP contribution is 2.16. The van der Waals surface area contributed by atoms with Crippen molar-refractivity contribution in [2.45, 2.75) is 20.8 Å². The van der Waals surface area contributed by atoms with Crippen molar-refractivity contribution >= 4 is 6.03 Å². The molecule has 3 nitrogen and oxygen atoms in total. The van der Waals surface area contributed by atoms with Crippen molar-refractivity contribution in [1.29, 1.82) is 0 Å². The monoisotopic (exact) mass is 184 g/mol. The van der Waals surface area contributed by atoms with Gasteiger partial charge in [-0.05, 0) is 12.8 Å². The van der Waals surface area contributed by atoms with Crippen LogP contribution >= 0.6 is 0 Å². The summed E-state index contributed by atoms with van der Waals surface area (Å²) in [7, 11) is 0. The highest BCUT2D eigenvalue weighted by molar-refractivity contribution is 5.75. The Bertz CT molecular complexity index is 226. The molecular weight excluding hydrogens is 164 g/mol. The van der Waals surface area contributed by atoms with Gasteiger partial charge in [-0.2, -0.15) is 0 Å². The van der Waals surface area contributed by atoms with Crippen molar-refractivity contribution < 1.29 is 6.22 Å². The van der Waals surface area contributed by atoms with Gasteiger partial charge in [0.2, 0.25) is 0 Å². The first-order valence-electron chi connectivity index (χ1n) is 4.86. The summed E-state index contributed by atoms with van der Waals surface area (Å²) in [4.78, 5) is 13.2. The predicted octanol–water partition coefficient (Wildman–Crippen LogP) is 1.86. The molecule has 13 heavy (non-hydrogen) atoms. The largest absolute Gasteiger partial charge is 0.338 e. The Kier molecular flexibility index (Phi) is 3.34. The minimum absolute atomic E-state index is 0. The molecule has 1 N–H and O–H groups in total. The molecule has 1 aliphatic heterocycles. The number of carbonyl (C=O) groups is 1. The number of hydrogen-bond donors (Lipinski definition) is 1. The third-order valence-electron chi connectivity index (χ3n) is 2.30. The minimum Gasteiger partial charge on any atom is -0.338 e. The summed E-state index contributed by atoms with van der Waals surface area (Å²) in [6.45, 7) is 8.51. The van der Waals surface area contributed by atoms with Crippen LogP contribution in [0, 0.1) is 5.92 Å². The van der Waals surface area contributed by atoms with E-state index in [1.54, 1.807) is 0 Å². The number of nitrogens with zero attached hydrogens (tertiary/aromatic N) is 1. The van der Waals surface area contributed by atoms with Crippen molar-refractivity contribution in [3.05, 3.63) is 11.6 Å². The van der Waals surface area contributed by atoms with E-state index in [9.17, 15) is 4.79 Å². The van der Waals surface area contributed by atoms with Crippen molar-refractivity contribution in [3.8, 4) is 0 Å². The molecule has 1 heterocycles. The molecule has 0 aliphatic carbocycles. The molecule has 0 radical (unpaired) electrons. The summed E-state index contributed by atoms with van der Waals surface area (Å²) in [5, 5.41) is 2.80. The zero-order valence-electron chi connectivity index (χ0n) is 8.63. The third-order valence-corrected chi connectivity index (χ3v) is 2.30. The summed E-state index contributed by atoms with van der Waals surface area (Å²) in [6, 6.07) is 0.0504. The number of urea groups is 1. The summed E-state index contributed by atoms with van der Waals surface area (Å²) < 4.78 is 0. The van der Waals surface area contributed by atoms with Crippen LogP contribution in [0.15, 0.2) is 11.6 Å². The van der Waals surface area contributed by atoms with E-state index in [4.69, 9.17) is 0 Å². The van der Waals surface area contributed by atoms with E-state index in [1.165, 1.54) is 5.57 Å². The maximum atomic E-state index is 11.4. The lowest BCUT2D eigenvalue weighted by Gasteiger charge is -2.17. The van der Waals surface area contributed by atoms with Gasteiger partial charge in [-0.1, -0.05) is 25.5 Å². The van der Waals surface area contributed by atoms with Crippen LogP contribution in [0.25, 0.3) is 0 Å². The van der Waals surface area contributed by atoms with Gasteiger partial charge in [0.05, 0.1) is 0 Å². The molecular formula is C10H20N2O. The zero-order valence-corrected chi connectivity index (χ0v) is 8.63. The molecule has 0 saturated carbocycles. The van der Waals surface area contributed by atoms with Crippen molar-refractivity contribution in [2.75, 3.05) is 19.6 Å². The van der Waals surface area contributed by atoms with E-state index in [0.717, 1.165) is 13.1 Å². The molecule has 2 amide bonds. The first-order valence-corrected chi connectivity index (χ1v) is 4.86. The molecule has 76 valence electrons. The summed E-state index contributed by atoms with van der Waals surface area (Å²) >= 11 is 0.